The van der Waals surface area contributed by atoms with E-state index in [1.807, 2.05) is 0 Å². The summed E-state index contributed by atoms with van der Waals surface area (Å²) in [6.45, 7) is 5.01. The molecule has 172 valence electrons. The van der Waals surface area contributed by atoms with Crippen molar-refractivity contribution >= 4 is 38.7 Å². The fraction of sp³-hybridized carbons (Fsp3) is 0.174. The highest BCUT2D eigenvalue weighted by atomic mass is 35.5. The van der Waals surface area contributed by atoms with E-state index in [0.717, 1.165) is 6.07 Å². The third-order valence-electron chi connectivity index (χ3n) is 5.11. The van der Waals surface area contributed by atoms with E-state index in [-0.39, 0.29) is 38.2 Å². The second-order valence-corrected chi connectivity index (χ2v) is 10.0. The van der Waals surface area contributed by atoms with Crippen molar-refractivity contribution in [2.24, 2.45) is 0 Å². The summed E-state index contributed by atoms with van der Waals surface area (Å²) < 4.78 is 26.8. The summed E-state index contributed by atoms with van der Waals surface area (Å²) in [5.41, 5.74) is 0.400. The van der Waals surface area contributed by atoms with Gasteiger partial charge in [0, 0.05) is 28.4 Å². The predicted octanol–water partition coefficient (Wildman–Crippen LogP) is 5.47. The molecule has 0 bridgehead atoms. The predicted molar refractivity (Wildman–Crippen MR) is 125 cm³/mol. The summed E-state index contributed by atoms with van der Waals surface area (Å²) in [6.07, 6.45) is 0. The van der Waals surface area contributed by atoms with E-state index in [2.05, 4.69) is 5.32 Å². The molecule has 0 aliphatic rings. The molecule has 0 heterocycles. The van der Waals surface area contributed by atoms with E-state index in [9.17, 15) is 28.4 Å². The first kappa shape index (κ1) is 24.2. The lowest BCUT2D eigenvalue weighted by Gasteiger charge is -2.20. The number of non-ortho nitro benzene ring substituents is 1. The number of nitrogens with zero attached hydrogens (tertiary/aromatic N) is 1. The van der Waals surface area contributed by atoms with Gasteiger partial charge in [-0.15, -0.1) is 0 Å². The van der Waals surface area contributed by atoms with Gasteiger partial charge >= 0.3 is 0 Å². The highest BCUT2D eigenvalue weighted by molar-refractivity contribution is 7.91. The Morgan fingerprint density at radius 1 is 1.12 bits per heavy atom. The summed E-state index contributed by atoms with van der Waals surface area (Å²) in [6, 6.07) is 12.2. The summed E-state index contributed by atoms with van der Waals surface area (Å²) in [5.74, 6) is -1.32. The Morgan fingerprint density at radius 3 is 2.33 bits per heavy atom. The van der Waals surface area contributed by atoms with Crippen LogP contribution < -0.4 is 5.32 Å². The number of rotatable bonds is 6. The number of sulfone groups is 1. The van der Waals surface area contributed by atoms with Gasteiger partial charge in [-0.3, -0.25) is 14.9 Å². The van der Waals surface area contributed by atoms with Gasteiger partial charge in [0.05, 0.1) is 9.82 Å². The fourth-order valence-electron chi connectivity index (χ4n) is 3.35. The number of carbonyl (C=O) groups is 1. The number of phenolic OH excluding ortho intramolecular Hbond substituents is 1. The Hall–Kier alpha value is -3.43. The first-order chi connectivity index (χ1) is 15.4. The Kier molecular flexibility index (Phi) is 6.76. The van der Waals surface area contributed by atoms with Gasteiger partial charge in [-0.05, 0) is 60.4 Å². The number of carbonyl (C=O) groups excluding carboxylic acids is 1. The van der Waals surface area contributed by atoms with E-state index in [1.54, 1.807) is 13.8 Å². The second-order valence-electron chi connectivity index (χ2n) is 7.69. The van der Waals surface area contributed by atoms with Crippen LogP contribution in [0.15, 0.2) is 64.4 Å². The molecule has 3 aromatic rings. The molecule has 8 nitrogen and oxygen atoms in total. The molecule has 0 atom stereocenters. The molecule has 33 heavy (non-hydrogen) atoms. The van der Waals surface area contributed by atoms with Crippen molar-refractivity contribution in [3.05, 3.63) is 86.4 Å². The van der Waals surface area contributed by atoms with Crippen LogP contribution in [0.3, 0.4) is 0 Å². The molecular formula is C23H21ClN2O6S. The SMILES string of the molecule is Cc1c(NC(=O)c2cccc([N+](=O)[O-])c2)cc(C(C)C)c(O)c1S(=O)(=O)c1ccc(Cl)cc1. The number of nitro benzene ring substituents is 1. The molecule has 2 N–H and O–H groups in total. The average Bonchev–Trinajstić information content (AvgIpc) is 2.75. The van der Waals surface area contributed by atoms with Crippen LogP contribution in [-0.4, -0.2) is 24.4 Å². The van der Waals surface area contributed by atoms with Gasteiger partial charge in [-0.25, -0.2) is 8.42 Å². The number of hydrogen-bond donors (Lipinski definition) is 2. The number of amides is 1. The summed E-state index contributed by atoms with van der Waals surface area (Å²) in [4.78, 5) is 22.8. The lowest BCUT2D eigenvalue weighted by atomic mass is 9.99. The zero-order chi connectivity index (χ0) is 24.5. The standard InChI is InChI=1S/C23H21ClN2O6S/c1-13(2)19-12-20(25-23(28)15-5-4-6-17(11-15)26(29)30)14(3)22(21(19)27)33(31,32)18-9-7-16(24)8-10-18/h4-13,27H,1-3H3,(H,25,28). The zero-order valence-corrected chi connectivity index (χ0v) is 19.6. The first-order valence-electron chi connectivity index (χ1n) is 9.86. The smallest absolute Gasteiger partial charge is 0.270 e. The molecule has 3 rings (SSSR count). The highest BCUT2D eigenvalue weighted by Crippen LogP contribution is 2.41. The molecule has 0 spiro atoms. The number of nitro groups is 1. The monoisotopic (exact) mass is 488 g/mol. The van der Waals surface area contributed by atoms with Crippen molar-refractivity contribution in [3.63, 3.8) is 0 Å². The summed E-state index contributed by atoms with van der Waals surface area (Å²) in [7, 11) is -4.16. The van der Waals surface area contributed by atoms with Crippen molar-refractivity contribution in [2.45, 2.75) is 36.5 Å². The van der Waals surface area contributed by atoms with Gasteiger partial charge in [0.1, 0.15) is 10.6 Å². The number of aromatic hydroxyl groups is 1. The van der Waals surface area contributed by atoms with Crippen molar-refractivity contribution in [3.8, 4) is 5.75 Å². The van der Waals surface area contributed by atoms with E-state index in [4.69, 9.17) is 11.6 Å². The lowest BCUT2D eigenvalue weighted by Crippen LogP contribution is -2.15. The molecule has 1 amide bonds. The van der Waals surface area contributed by atoms with E-state index in [0.29, 0.717) is 10.6 Å². The molecule has 10 heteroatoms. The summed E-state index contributed by atoms with van der Waals surface area (Å²) in [5, 5.41) is 24.9. The van der Waals surface area contributed by atoms with Crippen LogP contribution in [-0.2, 0) is 9.84 Å². The quantitative estimate of drug-likeness (QED) is 0.269. The Morgan fingerprint density at radius 2 is 1.76 bits per heavy atom. The largest absolute Gasteiger partial charge is 0.506 e. The minimum absolute atomic E-state index is 0.0323. The molecular weight excluding hydrogens is 468 g/mol. The number of benzene rings is 3. The molecule has 0 fully saturated rings. The van der Waals surface area contributed by atoms with Crippen molar-refractivity contribution < 1.29 is 23.2 Å². The Bertz CT molecular complexity index is 1350. The lowest BCUT2D eigenvalue weighted by molar-refractivity contribution is -0.384. The molecule has 0 radical (unpaired) electrons. The minimum atomic E-state index is -4.16. The van der Waals surface area contributed by atoms with E-state index in [1.165, 1.54) is 55.5 Å². The van der Waals surface area contributed by atoms with Gasteiger partial charge in [-0.1, -0.05) is 31.5 Å². The van der Waals surface area contributed by atoms with Gasteiger partial charge in [0.15, 0.2) is 0 Å². The molecule has 0 aliphatic heterocycles. The number of halogens is 1. The minimum Gasteiger partial charge on any atom is -0.506 e. The molecule has 0 aliphatic carbocycles. The van der Waals surface area contributed by atoms with E-state index < -0.39 is 26.4 Å². The maximum absolute atomic E-state index is 13.4. The van der Waals surface area contributed by atoms with Crippen molar-refractivity contribution in [1.29, 1.82) is 0 Å². The maximum Gasteiger partial charge on any atom is 0.270 e. The second kappa shape index (κ2) is 9.21. The normalized spacial score (nSPS) is 11.4. The van der Waals surface area contributed by atoms with Crippen LogP contribution in [0, 0.1) is 17.0 Å². The van der Waals surface area contributed by atoms with Crippen LogP contribution in [0.4, 0.5) is 11.4 Å². The van der Waals surface area contributed by atoms with E-state index >= 15 is 0 Å². The number of phenols is 1. The third-order valence-corrected chi connectivity index (χ3v) is 7.30. The van der Waals surface area contributed by atoms with Crippen LogP contribution in [0.1, 0.15) is 41.3 Å². The molecule has 0 saturated carbocycles. The Balaban J connectivity index is 2.15. The zero-order valence-electron chi connectivity index (χ0n) is 18.0. The highest BCUT2D eigenvalue weighted by Gasteiger charge is 2.29. The van der Waals surface area contributed by atoms with Gasteiger partial charge in [-0.2, -0.15) is 0 Å². The fourth-order valence-corrected chi connectivity index (χ4v) is 5.09. The third kappa shape index (κ3) is 4.84. The summed E-state index contributed by atoms with van der Waals surface area (Å²) >= 11 is 5.87. The molecule has 0 unspecified atom stereocenters. The number of anilines is 1. The topological polar surface area (TPSA) is 127 Å². The van der Waals surface area contributed by atoms with Gasteiger partial charge in [0.25, 0.3) is 11.6 Å². The number of nitrogens with one attached hydrogen (secondary N) is 1. The van der Waals surface area contributed by atoms with Gasteiger partial charge in [0.2, 0.25) is 9.84 Å². The molecule has 3 aromatic carbocycles. The Labute approximate surface area is 195 Å². The van der Waals surface area contributed by atoms with Crippen molar-refractivity contribution in [2.75, 3.05) is 5.32 Å². The van der Waals surface area contributed by atoms with Gasteiger partial charge < -0.3 is 10.4 Å². The van der Waals surface area contributed by atoms with Crippen molar-refractivity contribution in [1.82, 2.24) is 0 Å². The number of hydrogen-bond acceptors (Lipinski definition) is 6. The van der Waals surface area contributed by atoms with Crippen LogP contribution >= 0.6 is 11.6 Å². The molecule has 0 aromatic heterocycles. The maximum atomic E-state index is 13.4. The molecule has 0 saturated heterocycles. The van der Waals surface area contributed by atoms with Crippen LogP contribution in [0.5, 0.6) is 5.75 Å². The first-order valence-corrected chi connectivity index (χ1v) is 11.7. The van der Waals surface area contributed by atoms with Crippen LogP contribution in [0.2, 0.25) is 5.02 Å². The van der Waals surface area contributed by atoms with Crippen LogP contribution in [0.25, 0.3) is 0 Å². The average molecular weight is 489 g/mol.